The molecule has 1 aromatic heterocycles. The van der Waals surface area contributed by atoms with Crippen LogP contribution in [0.2, 0.25) is 0 Å². The summed E-state index contributed by atoms with van der Waals surface area (Å²) in [7, 11) is 2.16. The van der Waals surface area contributed by atoms with Crippen LogP contribution in [0.15, 0.2) is 47.3 Å². The van der Waals surface area contributed by atoms with Crippen LogP contribution in [0.25, 0.3) is 21.8 Å². The van der Waals surface area contributed by atoms with E-state index < -0.39 is 0 Å². The van der Waals surface area contributed by atoms with E-state index in [-0.39, 0.29) is 11.2 Å². The predicted molar refractivity (Wildman–Crippen MR) is 104 cm³/mol. The summed E-state index contributed by atoms with van der Waals surface area (Å²) in [5.74, 6) is -0.367. The van der Waals surface area contributed by atoms with Gasteiger partial charge in [0.25, 0.3) is 0 Å². The summed E-state index contributed by atoms with van der Waals surface area (Å²) in [5.41, 5.74) is 1.65. The maximum Gasteiger partial charge on any atom is 0.197 e. The Bertz CT molecular complexity index is 990. The normalized spacial score (nSPS) is 16.5. The van der Waals surface area contributed by atoms with Gasteiger partial charge in [-0.1, -0.05) is 12.1 Å². The van der Waals surface area contributed by atoms with E-state index in [0.29, 0.717) is 10.8 Å². The minimum Gasteiger partial charge on any atom is -0.340 e. The summed E-state index contributed by atoms with van der Waals surface area (Å²) < 4.78 is 15.9. The molecular formula is C21H24FN3O. The first-order chi connectivity index (χ1) is 12.6. The summed E-state index contributed by atoms with van der Waals surface area (Å²) >= 11 is 0. The van der Waals surface area contributed by atoms with Gasteiger partial charge >= 0.3 is 0 Å². The third kappa shape index (κ3) is 3.24. The number of nitrogens with zero attached hydrogens (tertiary/aromatic N) is 3. The van der Waals surface area contributed by atoms with Gasteiger partial charge in [-0.3, -0.25) is 4.79 Å². The summed E-state index contributed by atoms with van der Waals surface area (Å²) in [6.45, 7) is 6.29. The number of aryl methyl sites for hydroxylation is 1. The van der Waals surface area contributed by atoms with Crippen molar-refractivity contribution in [1.29, 1.82) is 0 Å². The van der Waals surface area contributed by atoms with Gasteiger partial charge in [-0.05, 0) is 50.3 Å². The highest BCUT2D eigenvalue weighted by atomic mass is 19.1. The van der Waals surface area contributed by atoms with E-state index >= 15 is 0 Å². The lowest BCUT2D eigenvalue weighted by atomic mass is 10.1. The fraction of sp³-hybridized carbons (Fsp3) is 0.381. The molecule has 0 spiro atoms. The fourth-order valence-electron chi connectivity index (χ4n) is 3.87. The van der Waals surface area contributed by atoms with Crippen molar-refractivity contribution in [3.05, 3.63) is 58.5 Å². The number of piperazine rings is 1. The monoisotopic (exact) mass is 353 g/mol. The average molecular weight is 353 g/mol. The number of hydrogen-bond donors (Lipinski definition) is 0. The lowest BCUT2D eigenvalue weighted by Crippen LogP contribution is -2.44. The summed E-state index contributed by atoms with van der Waals surface area (Å²) in [6, 6.07) is 12.2. The molecule has 1 fully saturated rings. The highest BCUT2D eigenvalue weighted by Gasteiger charge is 2.14. The molecule has 0 radical (unpaired) electrons. The summed E-state index contributed by atoms with van der Waals surface area (Å²) in [5, 5.41) is 1.12. The third-order valence-corrected chi connectivity index (χ3v) is 5.39. The first-order valence-corrected chi connectivity index (χ1v) is 9.25. The number of benzene rings is 2. The van der Waals surface area contributed by atoms with Crippen LogP contribution in [-0.2, 0) is 6.54 Å². The zero-order valence-electron chi connectivity index (χ0n) is 15.1. The molecule has 0 aliphatic carbocycles. The van der Waals surface area contributed by atoms with Crippen molar-refractivity contribution in [2.24, 2.45) is 0 Å². The van der Waals surface area contributed by atoms with Gasteiger partial charge in [-0.25, -0.2) is 4.39 Å². The summed E-state index contributed by atoms with van der Waals surface area (Å²) in [6.07, 6.45) is 1.00. The Balaban J connectivity index is 1.66. The molecule has 0 unspecified atom stereocenters. The quantitative estimate of drug-likeness (QED) is 0.675. The van der Waals surface area contributed by atoms with Crippen LogP contribution in [0, 0.1) is 5.82 Å². The maximum absolute atomic E-state index is 13.7. The second-order valence-electron chi connectivity index (χ2n) is 7.16. The zero-order valence-corrected chi connectivity index (χ0v) is 15.1. The molecule has 26 heavy (non-hydrogen) atoms. The van der Waals surface area contributed by atoms with Crippen molar-refractivity contribution >= 4 is 21.8 Å². The average Bonchev–Trinajstić information content (AvgIpc) is 2.66. The first-order valence-electron chi connectivity index (χ1n) is 9.25. The second kappa shape index (κ2) is 7.17. The van der Waals surface area contributed by atoms with E-state index in [9.17, 15) is 9.18 Å². The Kier molecular flexibility index (Phi) is 4.74. The molecule has 0 N–H and O–H groups in total. The molecule has 5 heteroatoms. The van der Waals surface area contributed by atoms with E-state index in [4.69, 9.17) is 0 Å². The molecule has 3 aromatic rings. The topological polar surface area (TPSA) is 28.5 Å². The molecule has 136 valence electrons. The van der Waals surface area contributed by atoms with E-state index in [1.165, 1.54) is 12.1 Å². The largest absolute Gasteiger partial charge is 0.340 e. The Morgan fingerprint density at radius 3 is 2.46 bits per heavy atom. The lowest BCUT2D eigenvalue weighted by Gasteiger charge is -2.32. The van der Waals surface area contributed by atoms with Crippen LogP contribution in [-0.4, -0.2) is 54.1 Å². The Hall–Kier alpha value is -2.24. The number of likely N-dealkylation sites (N-methyl/N-ethyl adjacent to an activating group) is 1. The molecular weight excluding hydrogens is 329 g/mol. The van der Waals surface area contributed by atoms with Crippen LogP contribution >= 0.6 is 0 Å². The highest BCUT2D eigenvalue weighted by Crippen LogP contribution is 2.20. The summed E-state index contributed by atoms with van der Waals surface area (Å²) in [4.78, 5) is 17.6. The van der Waals surface area contributed by atoms with E-state index in [0.717, 1.165) is 56.7 Å². The molecule has 2 heterocycles. The molecule has 1 saturated heterocycles. The smallest absolute Gasteiger partial charge is 0.197 e. The predicted octanol–water partition coefficient (Wildman–Crippen LogP) is 2.93. The van der Waals surface area contributed by atoms with E-state index in [2.05, 4.69) is 21.4 Å². The van der Waals surface area contributed by atoms with Crippen LogP contribution in [0.5, 0.6) is 0 Å². The molecule has 1 aliphatic heterocycles. The van der Waals surface area contributed by atoms with Crippen LogP contribution in [0.4, 0.5) is 4.39 Å². The van der Waals surface area contributed by atoms with Crippen LogP contribution < -0.4 is 5.43 Å². The molecule has 0 atom stereocenters. The Labute approximate surface area is 152 Å². The van der Waals surface area contributed by atoms with Gasteiger partial charge in [-0.2, -0.15) is 0 Å². The number of hydrogen-bond acceptors (Lipinski definition) is 3. The number of pyridine rings is 1. The van der Waals surface area contributed by atoms with Gasteiger partial charge < -0.3 is 14.4 Å². The molecule has 4 rings (SSSR count). The van der Waals surface area contributed by atoms with Crippen molar-refractivity contribution in [3.8, 4) is 0 Å². The first kappa shape index (κ1) is 17.2. The Morgan fingerprint density at radius 1 is 0.923 bits per heavy atom. The molecule has 0 bridgehead atoms. The number of para-hydroxylation sites is 1. The van der Waals surface area contributed by atoms with E-state index in [1.807, 2.05) is 24.3 Å². The van der Waals surface area contributed by atoms with Crippen molar-refractivity contribution < 1.29 is 4.39 Å². The lowest BCUT2D eigenvalue weighted by molar-refractivity contribution is 0.151. The van der Waals surface area contributed by atoms with Crippen LogP contribution in [0.1, 0.15) is 6.42 Å². The molecule has 2 aromatic carbocycles. The zero-order chi connectivity index (χ0) is 18.1. The second-order valence-corrected chi connectivity index (χ2v) is 7.16. The van der Waals surface area contributed by atoms with Crippen molar-refractivity contribution in [3.63, 3.8) is 0 Å². The highest BCUT2D eigenvalue weighted by molar-refractivity contribution is 5.93. The fourth-order valence-corrected chi connectivity index (χ4v) is 3.87. The van der Waals surface area contributed by atoms with Crippen LogP contribution in [0.3, 0.4) is 0 Å². The minimum absolute atomic E-state index is 0.0922. The van der Waals surface area contributed by atoms with Crippen molar-refractivity contribution in [2.45, 2.75) is 13.0 Å². The molecule has 0 amide bonds. The molecule has 0 saturated carbocycles. The molecule has 1 aliphatic rings. The number of rotatable bonds is 4. The SMILES string of the molecule is CN1CCN(CCCn2c3ccccc3c(=O)c3cc(F)ccc32)CC1. The van der Waals surface area contributed by atoms with Crippen molar-refractivity contribution in [1.82, 2.24) is 14.4 Å². The van der Waals surface area contributed by atoms with Crippen molar-refractivity contribution in [2.75, 3.05) is 39.8 Å². The standard InChI is InChI=1S/C21H24FN3O/c1-23-11-13-24(14-12-23)9-4-10-25-19-6-3-2-5-17(19)21(26)18-15-16(22)7-8-20(18)25/h2-3,5-8,15H,4,9-14H2,1H3. The van der Waals surface area contributed by atoms with Gasteiger partial charge in [0, 0.05) is 43.5 Å². The number of fused-ring (bicyclic) bond motifs is 2. The molecule has 4 nitrogen and oxygen atoms in total. The number of halogens is 1. The van der Waals surface area contributed by atoms with E-state index in [1.54, 1.807) is 6.07 Å². The van der Waals surface area contributed by atoms with Gasteiger partial charge in [0.05, 0.1) is 11.0 Å². The van der Waals surface area contributed by atoms with Gasteiger partial charge in [0.2, 0.25) is 0 Å². The minimum atomic E-state index is -0.367. The van der Waals surface area contributed by atoms with Gasteiger partial charge in [-0.15, -0.1) is 0 Å². The Morgan fingerprint density at radius 2 is 1.65 bits per heavy atom. The van der Waals surface area contributed by atoms with Gasteiger partial charge in [0.1, 0.15) is 5.82 Å². The van der Waals surface area contributed by atoms with Gasteiger partial charge in [0.15, 0.2) is 5.43 Å². The third-order valence-electron chi connectivity index (χ3n) is 5.39. The maximum atomic E-state index is 13.7. The number of aromatic nitrogens is 1.